The fourth-order valence-corrected chi connectivity index (χ4v) is 3.15. The van der Waals surface area contributed by atoms with Crippen LogP contribution < -0.4 is 0 Å². The molecule has 0 radical (unpaired) electrons. The van der Waals surface area contributed by atoms with Gasteiger partial charge in [-0.3, -0.25) is 0 Å². The second kappa shape index (κ2) is 23.7. The van der Waals surface area contributed by atoms with Crippen LogP contribution in [0.3, 0.4) is 0 Å². The van der Waals surface area contributed by atoms with Gasteiger partial charge in [0.05, 0.1) is 13.2 Å². The summed E-state index contributed by atoms with van der Waals surface area (Å²) in [6.07, 6.45) is 25.8. The molecule has 0 aromatic carbocycles. The maximum atomic E-state index is 11.6. The van der Waals surface area contributed by atoms with Crippen molar-refractivity contribution in [2.75, 3.05) is 13.2 Å². The van der Waals surface area contributed by atoms with E-state index >= 15 is 0 Å². The molecule has 0 aromatic rings. The van der Waals surface area contributed by atoms with Gasteiger partial charge in [-0.2, -0.15) is 0 Å². The predicted octanol–water partition coefficient (Wildman–Crippen LogP) is 7.47. The van der Waals surface area contributed by atoms with Crippen molar-refractivity contribution in [3.8, 4) is 0 Å². The number of unbranched alkanes of at least 4 members (excludes halogenated alkanes) is 13. The van der Waals surface area contributed by atoms with Crippen LogP contribution in [0.2, 0.25) is 0 Å². The summed E-state index contributed by atoms with van der Waals surface area (Å²) >= 11 is 0. The lowest BCUT2D eigenvalue weighted by atomic mass is 10.1. The Morgan fingerprint density at radius 3 is 1.53 bits per heavy atom. The first kappa shape index (κ1) is 28.4. The van der Waals surface area contributed by atoms with Crippen molar-refractivity contribution in [1.29, 1.82) is 0 Å². The minimum absolute atomic E-state index is 0.337. The summed E-state index contributed by atoms with van der Waals surface area (Å²) in [5.41, 5.74) is 0. The summed E-state index contributed by atoms with van der Waals surface area (Å²) in [6.45, 7) is 5.19. The van der Waals surface area contributed by atoms with Crippen molar-refractivity contribution in [3.63, 3.8) is 0 Å². The molecule has 0 atom stereocenters. The van der Waals surface area contributed by atoms with Crippen molar-refractivity contribution in [3.05, 3.63) is 24.3 Å². The highest BCUT2D eigenvalue weighted by atomic mass is 16.5. The van der Waals surface area contributed by atoms with E-state index < -0.39 is 11.9 Å². The van der Waals surface area contributed by atoms with E-state index in [0.717, 1.165) is 31.4 Å². The Kier molecular flexibility index (Phi) is 22.4. The minimum atomic E-state index is -0.497. The van der Waals surface area contributed by atoms with Crippen LogP contribution in [0.15, 0.2) is 24.3 Å². The topological polar surface area (TPSA) is 52.6 Å². The maximum absolute atomic E-state index is 11.6. The number of hydrogen-bond acceptors (Lipinski definition) is 4. The van der Waals surface area contributed by atoms with Crippen LogP contribution in [0.5, 0.6) is 0 Å². The van der Waals surface area contributed by atoms with E-state index in [-0.39, 0.29) is 0 Å². The van der Waals surface area contributed by atoms with Crippen LogP contribution in [0, 0.1) is 0 Å². The zero-order chi connectivity index (χ0) is 22.1. The summed E-state index contributed by atoms with van der Waals surface area (Å²) in [4.78, 5) is 23.1. The van der Waals surface area contributed by atoms with Gasteiger partial charge < -0.3 is 9.47 Å². The summed E-state index contributed by atoms with van der Waals surface area (Å²) in [7, 11) is 0. The van der Waals surface area contributed by atoms with Gasteiger partial charge in [-0.25, -0.2) is 9.59 Å². The molecular weight excluding hydrogens is 376 g/mol. The lowest BCUT2D eigenvalue weighted by Crippen LogP contribution is -2.06. The first-order valence-corrected chi connectivity index (χ1v) is 12.4. The Bertz CT molecular complexity index is 454. The van der Waals surface area contributed by atoms with Crippen molar-refractivity contribution < 1.29 is 19.1 Å². The molecule has 0 aliphatic carbocycles. The highest BCUT2D eigenvalue weighted by Gasteiger charge is 2.01. The van der Waals surface area contributed by atoms with Crippen molar-refractivity contribution in [2.24, 2.45) is 0 Å². The normalized spacial score (nSPS) is 11.4. The third-order valence-corrected chi connectivity index (χ3v) is 5.02. The summed E-state index contributed by atoms with van der Waals surface area (Å²) in [5, 5.41) is 0. The van der Waals surface area contributed by atoms with E-state index in [0.29, 0.717) is 19.6 Å². The molecule has 4 heteroatoms. The predicted molar refractivity (Wildman–Crippen MR) is 125 cm³/mol. The molecule has 0 bridgehead atoms. The molecule has 0 spiro atoms. The number of rotatable bonds is 21. The van der Waals surface area contributed by atoms with Gasteiger partial charge >= 0.3 is 11.9 Å². The van der Waals surface area contributed by atoms with Crippen LogP contribution in [-0.2, 0) is 19.1 Å². The highest BCUT2D eigenvalue weighted by molar-refractivity contribution is 5.91. The molecule has 0 aliphatic rings. The van der Waals surface area contributed by atoms with E-state index in [1.165, 1.54) is 77.0 Å². The molecule has 0 amide bonds. The van der Waals surface area contributed by atoms with E-state index in [1.807, 2.05) is 0 Å². The van der Waals surface area contributed by atoms with Gasteiger partial charge in [-0.1, -0.05) is 103 Å². The monoisotopic (exact) mass is 422 g/mol. The Morgan fingerprint density at radius 2 is 0.967 bits per heavy atom. The number of carbonyl (C=O) groups is 2. The van der Waals surface area contributed by atoms with Crippen LogP contribution in [0.1, 0.15) is 117 Å². The van der Waals surface area contributed by atoms with Gasteiger partial charge in [0, 0.05) is 12.2 Å². The fraction of sp³-hybridized carbons (Fsp3) is 0.769. The zero-order valence-corrected chi connectivity index (χ0v) is 19.7. The SMILES string of the molecule is CCCCCCCCCC/C=C/CCOC(=O)/C=C/C(=O)OCCCCCCCC. The number of esters is 2. The van der Waals surface area contributed by atoms with Crippen molar-refractivity contribution >= 4 is 11.9 Å². The molecule has 0 aliphatic heterocycles. The first-order chi connectivity index (χ1) is 14.7. The fourth-order valence-electron chi connectivity index (χ4n) is 3.15. The molecular formula is C26H46O4. The van der Waals surface area contributed by atoms with Gasteiger partial charge in [0.15, 0.2) is 0 Å². The molecule has 0 saturated heterocycles. The third-order valence-electron chi connectivity index (χ3n) is 5.02. The number of carbonyl (C=O) groups excluding carboxylic acids is 2. The van der Waals surface area contributed by atoms with Gasteiger partial charge in [-0.15, -0.1) is 0 Å². The second-order valence-electron chi connectivity index (χ2n) is 7.96. The first-order valence-electron chi connectivity index (χ1n) is 12.4. The summed E-state index contributed by atoms with van der Waals surface area (Å²) < 4.78 is 10.2. The number of ether oxygens (including phenoxy) is 2. The summed E-state index contributed by atoms with van der Waals surface area (Å²) in [5.74, 6) is -0.978. The van der Waals surface area contributed by atoms with Crippen LogP contribution in [0.25, 0.3) is 0 Å². The largest absolute Gasteiger partial charge is 0.463 e. The van der Waals surface area contributed by atoms with E-state index in [1.54, 1.807) is 0 Å². The second-order valence-corrected chi connectivity index (χ2v) is 7.96. The average Bonchev–Trinajstić information content (AvgIpc) is 2.75. The summed E-state index contributed by atoms with van der Waals surface area (Å²) in [6, 6.07) is 0. The lowest BCUT2D eigenvalue weighted by molar-refractivity contribution is -0.140. The Hall–Kier alpha value is -1.58. The molecule has 0 unspecified atom stereocenters. The molecule has 0 saturated carbocycles. The van der Waals surface area contributed by atoms with E-state index in [2.05, 4.69) is 26.0 Å². The Morgan fingerprint density at radius 1 is 0.533 bits per heavy atom. The Balaban J connectivity index is 3.48. The number of hydrogen-bond donors (Lipinski definition) is 0. The van der Waals surface area contributed by atoms with E-state index in [9.17, 15) is 9.59 Å². The third kappa shape index (κ3) is 22.7. The van der Waals surface area contributed by atoms with Crippen molar-refractivity contribution in [2.45, 2.75) is 117 Å². The molecule has 0 N–H and O–H groups in total. The van der Waals surface area contributed by atoms with Crippen LogP contribution >= 0.6 is 0 Å². The molecule has 0 fully saturated rings. The van der Waals surface area contributed by atoms with Gasteiger partial charge in [-0.05, 0) is 25.7 Å². The quantitative estimate of drug-likeness (QED) is 0.0833. The van der Waals surface area contributed by atoms with Crippen molar-refractivity contribution in [1.82, 2.24) is 0 Å². The van der Waals surface area contributed by atoms with Gasteiger partial charge in [0.25, 0.3) is 0 Å². The van der Waals surface area contributed by atoms with Crippen LogP contribution in [-0.4, -0.2) is 25.2 Å². The average molecular weight is 423 g/mol. The molecule has 30 heavy (non-hydrogen) atoms. The highest BCUT2D eigenvalue weighted by Crippen LogP contribution is 2.10. The van der Waals surface area contributed by atoms with E-state index in [4.69, 9.17) is 9.47 Å². The lowest BCUT2D eigenvalue weighted by Gasteiger charge is -2.02. The standard InChI is InChI=1S/C26H46O4/c1-3-5-7-9-11-12-13-14-15-16-18-20-24-30-26(28)22-21-25(27)29-23-19-17-10-8-6-4-2/h16,18,21-22H,3-15,17,19-20,23-24H2,1-2H3/b18-16+,22-21+. The molecule has 4 nitrogen and oxygen atoms in total. The van der Waals surface area contributed by atoms with Gasteiger partial charge in [0.2, 0.25) is 0 Å². The number of allylic oxidation sites excluding steroid dienone is 1. The van der Waals surface area contributed by atoms with Gasteiger partial charge in [0.1, 0.15) is 0 Å². The smallest absolute Gasteiger partial charge is 0.331 e. The molecule has 0 rings (SSSR count). The maximum Gasteiger partial charge on any atom is 0.331 e. The zero-order valence-electron chi connectivity index (χ0n) is 19.7. The van der Waals surface area contributed by atoms with Crippen LogP contribution in [0.4, 0.5) is 0 Å². The molecule has 0 heterocycles. The minimum Gasteiger partial charge on any atom is -0.463 e. The molecule has 174 valence electrons. The Labute approximate surface area is 185 Å². The molecule has 0 aromatic heterocycles.